The summed E-state index contributed by atoms with van der Waals surface area (Å²) in [7, 11) is 0. The summed E-state index contributed by atoms with van der Waals surface area (Å²) in [6.07, 6.45) is 1.56. The zero-order chi connectivity index (χ0) is 20.1. The van der Waals surface area contributed by atoms with Gasteiger partial charge in [-0.15, -0.1) is 0 Å². The molecule has 0 bridgehead atoms. The van der Waals surface area contributed by atoms with Crippen molar-refractivity contribution >= 4 is 11.8 Å². The normalized spacial score (nSPS) is 23.9. The molecule has 0 aromatic heterocycles. The number of nitrogens with zero attached hydrogens (tertiary/aromatic N) is 2. The van der Waals surface area contributed by atoms with Crippen LogP contribution in [0.2, 0.25) is 0 Å². The van der Waals surface area contributed by atoms with Crippen LogP contribution in [0.3, 0.4) is 0 Å². The molecule has 0 saturated carbocycles. The summed E-state index contributed by atoms with van der Waals surface area (Å²) >= 11 is 0. The van der Waals surface area contributed by atoms with Gasteiger partial charge in [-0.1, -0.05) is 44.2 Å². The summed E-state index contributed by atoms with van der Waals surface area (Å²) in [5, 5.41) is 9.79. The molecule has 2 saturated heterocycles. The molecule has 2 aliphatic heterocycles. The molecule has 2 atom stereocenters. The Morgan fingerprint density at radius 1 is 1.14 bits per heavy atom. The Kier molecular flexibility index (Phi) is 7.08. The summed E-state index contributed by atoms with van der Waals surface area (Å²) in [6, 6.07) is 9.52. The molecule has 3 rings (SSSR count). The number of carbonyl (C=O) groups excluding carboxylic acids is 2. The average molecular weight is 389 g/mol. The van der Waals surface area contributed by atoms with E-state index in [0.717, 1.165) is 5.56 Å². The van der Waals surface area contributed by atoms with Crippen LogP contribution >= 0.6 is 0 Å². The molecule has 1 aromatic rings. The van der Waals surface area contributed by atoms with Crippen molar-refractivity contribution in [2.45, 2.75) is 45.3 Å². The number of ether oxygens (including phenoxy) is 1. The van der Waals surface area contributed by atoms with Crippen LogP contribution in [-0.2, 0) is 14.3 Å². The molecule has 6 heteroatoms. The van der Waals surface area contributed by atoms with Gasteiger partial charge in [0.05, 0.1) is 19.3 Å². The zero-order valence-corrected chi connectivity index (χ0v) is 16.9. The van der Waals surface area contributed by atoms with Crippen molar-refractivity contribution in [1.29, 1.82) is 0 Å². The van der Waals surface area contributed by atoms with E-state index in [1.807, 2.05) is 54.0 Å². The van der Waals surface area contributed by atoms with Gasteiger partial charge in [-0.25, -0.2) is 0 Å². The van der Waals surface area contributed by atoms with Gasteiger partial charge >= 0.3 is 0 Å². The number of rotatable bonds is 5. The second-order valence-electron chi connectivity index (χ2n) is 8.23. The third kappa shape index (κ3) is 4.73. The Morgan fingerprint density at radius 3 is 2.43 bits per heavy atom. The van der Waals surface area contributed by atoms with E-state index in [4.69, 9.17) is 4.74 Å². The van der Waals surface area contributed by atoms with E-state index in [0.29, 0.717) is 51.4 Å². The minimum atomic E-state index is -0.409. The number of carbonyl (C=O) groups is 2. The Hall–Kier alpha value is -1.92. The molecular weight excluding hydrogens is 356 g/mol. The molecule has 2 aliphatic rings. The molecule has 0 aliphatic carbocycles. The minimum Gasteiger partial charge on any atom is -0.394 e. The Balaban J connectivity index is 1.68. The van der Waals surface area contributed by atoms with Crippen molar-refractivity contribution in [1.82, 2.24) is 9.80 Å². The van der Waals surface area contributed by atoms with Crippen LogP contribution in [-0.4, -0.2) is 65.7 Å². The fourth-order valence-electron chi connectivity index (χ4n) is 4.27. The molecule has 2 amide bonds. The Labute approximate surface area is 167 Å². The number of aliphatic hydroxyl groups excluding tert-OH is 1. The summed E-state index contributed by atoms with van der Waals surface area (Å²) in [6.45, 7) is 6.23. The lowest BCUT2D eigenvalue weighted by atomic mass is 9.91. The largest absolute Gasteiger partial charge is 0.394 e. The van der Waals surface area contributed by atoms with Gasteiger partial charge in [-0.05, 0) is 24.3 Å². The number of amides is 2. The van der Waals surface area contributed by atoms with E-state index in [9.17, 15) is 14.7 Å². The third-order valence-corrected chi connectivity index (χ3v) is 5.74. The highest BCUT2D eigenvalue weighted by Gasteiger charge is 2.39. The fraction of sp³-hybridized carbons (Fsp3) is 0.636. The number of aliphatic hydroxyl groups is 1. The molecule has 154 valence electrons. The number of morpholine rings is 1. The van der Waals surface area contributed by atoms with E-state index in [-0.39, 0.29) is 30.4 Å². The second-order valence-corrected chi connectivity index (χ2v) is 8.23. The first-order chi connectivity index (χ1) is 13.5. The highest BCUT2D eigenvalue weighted by atomic mass is 16.5. The monoisotopic (exact) mass is 388 g/mol. The van der Waals surface area contributed by atoms with Crippen molar-refractivity contribution in [2.75, 3.05) is 32.8 Å². The molecule has 2 heterocycles. The van der Waals surface area contributed by atoms with Gasteiger partial charge in [-0.2, -0.15) is 0 Å². The molecule has 6 nitrogen and oxygen atoms in total. The minimum absolute atomic E-state index is 0.0771. The molecular formula is C22H32N2O4. The van der Waals surface area contributed by atoms with Gasteiger partial charge in [-0.3, -0.25) is 9.59 Å². The van der Waals surface area contributed by atoms with Gasteiger partial charge in [0.25, 0.3) is 0 Å². The topological polar surface area (TPSA) is 70.1 Å². The van der Waals surface area contributed by atoms with E-state index in [1.165, 1.54) is 0 Å². The summed E-state index contributed by atoms with van der Waals surface area (Å²) in [5.74, 6) is 0.579. The van der Waals surface area contributed by atoms with Crippen LogP contribution in [0.15, 0.2) is 30.3 Å². The van der Waals surface area contributed by atoms with E-state index >= 15 is 0 Å². The second kappa shape index (κ2) is 9.52. The highest BCUT2D eigenvalue weighted by molar-refractivity contribution is 5.81. The maximum Gasteiger partial charge on any atom is 0.226 e. The predicted molar refractivity (Wildman–Crippen MR) is 106 cm³/mol. The van der Waals surface area contributed by atoms with Gasteiger partial charge in [0.1, 0.15) is 6.10 Å². The SMILES string of the molecule is CC(C)CC(=O)N1CCC(C(=O)N2CCO[C@H](CO)[C@H]2c2ccccc2)CC1. The van der Waals surface area contributed by atoms with Gasteiger partial charge in [0.2, 0.25) is 11.8 Å². The first kappa shape index (κ1) is 20.8. The lowest BCUT2D eigenvalue weighted by Crippen LogP contribution is -2.52. The summed E-state index contributed by atoms with van der Waals surface area (Å²) in [4.78, 5) is 29.4. The fourth-order valence-corrected chi connectivity index (χ4v) is 4.27. The maximum atomic E-state index is 13.3. The van der Waals surface area contributed by atoms with Crippen LogP contribution in [0.1, 0.15) is 44.7 Å². The van der Waals surface area contributed by atoms with E-state index < -0.39 is 6.10 Å². The number of likely N-dealkylation sites (tertiary alicyclic amines) is 1. The van der Waals surface area contributed by atoms with E-state index in [1.54, 1.807) is 0 Å². The molecule has 1 aromatic carbocycles. The summed E-state index contributed by atoms with van der Waals surface area (Å²) in [5.41, 5.74) is 0.985. The molecule has 28 heavy (non-hydrogen) atoms. The Bertz CT molecular complexity index is 656. The number of benzene rings is 1. The molecule has 1 N–H and O–H groups in total. The lowest BCUT2D eigenvalue weighted by Gasteiger charge is -2.43. The van der Waals surface area contributed by atoms with Crippen molar-refractivity contribution < 1.29 is 19.4 Å². The van der Waals surface area contributed by atoms with Crippen LogP contribution < -0.4 is 0 Å². The first-order valence-corrected chi connectivity index (χ1v) is 10.4. The maximum absolute atomic E-state index is 13.3. The molecule has 0 radical (unpaired) electrons. The van der Waals surface area contributed by atoms with Gasteiger partial charge in [0, 0.05) is 32.0 Å². The third-order valence-electron chi connectivity index (χ3n) is 5.74. The lowest BCUT2D eigenvalue weighted by molar-refractivity contribution is -0.156. The number of piperidine rings is 1. The number of hydrogen-bond donors (Lipinski definition) is 1. The van der Waals surface area contributed by atoms with Crippen LogP contribution in [0.5, 0.6) is 0 Å². The molecule has 2 fully saturated rings. The van der Waals surface area contributed by atoms with Gasteiger partial charge < -0.3 is 19.6 Å². The average Bonchev–Trinajstić information content (AvgIpc) is 2.73. The van der Waals surface area contributed by atoms with Crippen molar-refractivity contribution in [3.05, 3.63) is 35.9 Å². The molecule has 0 spiro atoms. The van der Waals surface area contributed by atoms with E-state index in [2.05, 4.69) is 0 Å². The Morgan fingerprint density at radius 2 is 1.82 bits per heavy atom. The first-order valence-electron chi connectivity index (χ1n) is 10.4. The van der Waals surface area contributed by atoms with Crippen molar-refractivity contribution in [2.24, 2.45) is 11.8 Å². The van der Waals surface area contributed by atoms with Crippen LogP contribution in [0.4, 0.5) is 0 Å². The number of hydrogen-bond acceptors (Lipinski definition) is 4. The predicted octanol–water partition coefficient (Wildman–Crippen LogP) is 2.23. The highest BCUT2D eigenvalue weighted by Crippen LogP contribution is 2.32. The van der Waals surface area contributed by atoms with Crippen LogP contribution in [0.25, 0.3) is 0 Å². The molecule has 0 unspecified atom stereocenters. The van der Waals surface area contributed by atoms with Crippen molar-refractivity contribution in [3.63, 3.8) is 0 Å². The smallest absolute Gasteiger partial charge is 0.226 e. The van der Waals surface area contributed by atoms with Gasteiger partial charge in [0.15, 0.2) is 0 Å². The van der Waals surface area contributed by atoms with Crippen LogP contribution in [0, 0.1) is 11.8 Å². The summed E-state index contributed by atoms with van der Waals surface area (Å²) < 4.78 is 5.75. The standard InChI is InChI=1S/C22H32N2O4/c1-16(2)14-20(26)23-10-8-18(9-11-23)22(27)24-12-13-28-19(15-25)21(24)17-6-4-3-5-7-17/h3-7,16,18-19,21,25H,8-15H2,1-2H3/t19-,21-/m1/s1. The quantitative estimate of drug-likeness (QED) is 0.840. The van der Waals surface area contributed by atoms with Crippen molar-refractivity contribution in [3.8, 4) is 0 Å². The zero-order valence-electron chi connectivity index (χ0n) is 16.9.